The number of fused-ring (bicyclic) bond motifs is 1. The largest absolute Gasteiger partial charge is 0.454 e. The lowest BCUT2D eigenvalue weighted by Gasteiger charge is -2.25. The molecule has 3 amide bonds. The van der Waals surface area contributed by atoms with E-state index in [1.807, 2.05) is 35.1 Å². The van der Waals surface area contributed by atoms with Crippen LogP contribution in [0.5, 0.6) is 11.5 Å². The highest BCUT2D eigenvalue weighted by Crippen LogP contribution is 2.35. The second-order valence-corrected chi connectivity index (χ2v) is 10.0. The summed E-state index contributed by atoms with van der Waals surface area (Å²) in [6.07, 6.45) is 0.757. The summed E-state index contributed by atoms with van der Waals surface area (Å²) in [6, 6.07) is 19.0. The zero-order chi connectivity index (χ0) is 25.7. The van der Waals surface area contributed by atoms with E-state index in [1.165, 1.54) is 11.0 Å². The van der Waals surface area contributed by atoms with Crippen molar-refractivity contribution in [2.75, 3.05) is 18.7 Å². The number of nitrogens with one attached hydrogen (secondary N) is 2. The highest BCUT2D eigenvalue weighted by atomic mass is 32.2. The van der Waals surface area contributed by atoms with Gasteiger partial charge in [0.25, 0.3) is 10.0 Å². The van der Waals surface area contributed by atoms with Gasteiger partial charge in [-0.25, -0.2) is 17.9 Å². The number of carbonyl (C=O) groups is 2. The monoisotopic (exact) mass is 509 g/mol. The van der Waals surface area contributed by atoms with Gasteiger partial charge in [-0.2, -0.15) is 0 Å². The molecular weight excluding hydrogens is 482 g/mol. The molecule has 1 atom stereocenters. The van der Waals surface area contributed by atoms with Crippen LogP contribution in [-0.4, -0.2) is 40.2 Å². The smallest absolute Gasteiger partial charge is 0.329 e. The van der Waals surface area contributed by atoms with Crippen LogP contribution in [0.3, 0.4) is 0 Å². The first kappa shape index (κ1) is 25.1. The Morgan fingerprint density at radius 2 is 1.67 bits per heavy atom. The van der Waals surface area contributed by atoms with E-state index in [2.05, 4.69) is 5.32 Å². The number of ether oxygens (including phenoxy) is 2. The van der Waals surface area contributed by atoms with E-state index in [-0.39, 0.29) is 18.1 Å². The summed E-state index contributed by atoms with van der Waals surface area (Å²) >= 11 is 0. The van der Waals surface area contributed by atoms with Gasteiger partial charge in [-0.1, -0.05) is 48.5 Å². The van der Waals surface area contributed by atoms with Gasteiger partial charge in [-0.3, -0.25) is 4.79 Å². The molecule has 4 rings (SSSR count). The van der Waals surface area contributed by atoms with Crippen molar-refractivity contribution < 1.29 is 27.5 Å². The predicted octanol–water partition coefficient (Wildman–Crippen LogP) is 3.38. The SMILES string of the molecule is Cc1ccccc1S(=O)(=O)NC(=O)NC(CCc1ccccc1)C(=O)N(C)c1ccc2c(c1)OCO2. The first-order valence-electron chi connectivity index (χ1n) is 11.3. The third-order valence-corrected chi connectivity index (χ3v) is 7.34. The van der Waals surface area contributed by atoms with Crippen LogP contribution in [0.25, 0.3) is 0 Å². The Labute approximate surface area is 210 Å². The van der Waals surface area contributed by atoms with E-state index >= 15 is 0 Å². The van der Waals surface area contributed by atoms with Crippen LogP contribution in [0.1, 0.15) is 17.5 Å². The molecule has 0 aromatic heterocycles. The zero-order valence-corrected chi connectivity index (χ0v) is 20.7. The maximum absolute atomic E-state index is 13.5. The van der Waals surface area contributed by atoms with Gasteiger partial charge in [-0.15, -0.1) is 0 Å². The summed E-state index contributed by atoms with van der Waals surface area (Å²) in [5.74, 6) is 0.690. The summed E-state index contributed by atoms with van der Waals surface area (Å²) in [7, 11) is -2.54. The second kappa shape index (κ2) is 10.7. The maximum atomic E-state index is 13.5. The Morgan fingerprint density at radius 1 is 0.972 bits per heavy atom. The summed E-state index contributed by atoms with van der Waals surface area (Å²) in [6.45, 7) is 1.74. The Balaban J connectivity index is 1.52. The molecule has 1 heterocycles. The molecule has 0 saturated carbocycles. The minimum absolute atomic E-state index is 0.00945. The van der Waals surface area contributed by atoms with E-state index in [1.54, 1.807) is 50.4 Å². The van der Waals surface area contributed by atoms with Crippen LogP contribution < -0.4 is 24.4 Å². The number of nitrogens with zero attached hydrogens (tertiary/aromatic N) is 1. The molecule has 0 saturated heterocycles. The lowest BCUT2D eigenvalue weighted by Crippen LogP contribution is -2.51. The van der Waals surface area contributed by atoms with Gasteiger partial charge in [0.15, 0.2) is 11.5 Å². The van der Waals surface area contributed by atoms with Crippen molar-refractivity contribution >= 4 is 27.6 Å². The first-order chi connectivity index (χ1) is 17.2. The fraction of sp³-hybridized carbons (Fsp3) is 0.231. The van der Waals surface area contributed by atoms with Crippen LogP contribution in [0, 0.1) is 6.92 Å². The van der Waals surface area contributed by atoms with E-state index in [4.69, 9.17) is 9.47 Å². The van der Waals surface area contributed by atoms with Crippen molar-refractivity contribution in [2.45, 2.75) is 30.7 Å². The molecule has 0 fully saturated rings. The van der Waals surface area contributed by atoms with Gasteiger partial charge in [0.05, 0.1) is 4.90 Å². The minimum atomic E-state index is -4.13. The molecule has 1 aliphatic rings. The van der Waals surface area contributed by atoms with Gasteiger partial charge in [0, 0.05) is 18.8 Å². The lowest BCUT2D eigenvalue weighted by molar-refractivity contribution is -0.120. The van der Waals surface area contributed by atoms with Crippen LogP contribution >= 0.6 is 0 Å². The lowest BCUT2D eigenvalue weighted by atomic mass is 10.0. The van der Waals surface area contributed by atoms with Gasteiger partial charge >= 0.3 is 6.03 Å². The molecule has 9 nitrogen and oxygen atoms in total. The molecule has 1 unspecified atom stereocenters. The molecule has 0 bridgehead atoms. The van der Waals surface area contributed by atoms with Crippen molar-refractivity contribution in [3.63, 3.8) is 0 Å². The molecule has 3 aromatic carbocycles. The summed E-state index contributed by atoms with van der Waals surface area (Å²) in [5.41, 5.74) is 2.02. The van der Waals surface area contributed by atoms with Gasteiger partial charge in [-0.05, 0) is 49.1 Å². The molecule has 188 valence electrons. The van der Waals surface area contributed by atoms with E-state index in [0.29, 0.717) is 29.2 Å². The van der Waals surface area contributed by atoms with E-state index < -0.39 is 28.0 Å². The first-order valence-corrected chi connectivity index (χ1v) is 12.8. The Kier molecular flexibility index (Phi) is 7.44. The van der Waals surface area contributed by atoms with Crippen molar-refractivity contribution in [3.8, 4) is 11.5 Å². The van der Waals surface area contributed by atoms with Crippen molar-refractivity contribution in [1.29, 1.82) is 0 Å². The molecular formula is C26H27N3O6S. The number of anilines is 1. The average molecular weight is 510 g/mol. The van der Waals surface area contributed by atoms with E-state index in [9.17, 15) is 18.0 Å². The third-order valence-electron chi connectivity index (χ3n) is 5.85. The average Bonchev–Trinajstić information content (AvgIpc) is 3.34. The normalized spacial score (nSPS) is 13.1. The third kappa shape index (κ3) is 5.77. The Bertz CT molecular complexity index is 1360. The molecule has 0 spiro atoms. The molecule has 1 aliphatic heterocycles. The van der Waals surface area contributed by atoms with Crippen molar-refractivity contribution in [2.24, 2.45) is 0 Å². The molecule has 10 heteroatoms. The number of aryl methyl sites for hydroxylation is 2. The Morgan fingerprint density at radius 3 is 2.42 bits per heavy atom. The number of sulfonamides is 1. The van der Waals surface area contributed by atoms with Crippen molar-refractivity contribution in [3.05, 3.63) is 83.9 Å². The fourth-order valence-corrected chi connectivity index (χ4v) is 5.05. The van der Waals surface area contributed by atoms with Gasteiger partial charge in [0.2, 0.25) is 12.7 Å². The van der Waals surface area contributed by atoms with Gasteiger partial charge in [0.1, 0.15) is 6.04 Å². The highest BCUT2D eigenvalue weighted by Gasteiger charge is 2.28. The van der Waals surface area contributed by atoms with Crippen LogP contribution in [0.4, 0.5) is 10.5 Å². The standard InChI is InChI=1S/C26H27N3O6S/c1-18-8-6-7-11-24(18)36(32,33)28-26(31)27-21(14-12-19-9-4-3-5-10-19)25(30)29(2)20-13-15-22-23(16-20)35-17-34-22/h3-11,13,15-16,21H,12,14,17H2,1-2H3,(H2,27,28,31). The van der Waals surface area contributed by atoms with Crippen LogP contribution in [0.15, 0.2) is 77.7 Å². The van der Waals surface area contributed by atoms with Gasteiger partial charge < -0.3 is 19.7 Å². The van der Waals surface area contributed by atoms with E-state index in [0.717, 1.165) is 5.56 Å². The predicted molar refractivity (Wildman–Crippen MR) is 135 cm³/mol. The summed E-state index contributed by atoms with van der Waals surface area (Å²) in [4.78, 5) is 27.6. The molecule has 2 N–H and O–H groups in total. The number of likely N-dealkylation sites (N-methyl/N-ethyl adjacent to an activating group) is 1. The molecule has 3 aromatic rings. The second-order valence-electron chi connectivity index (χ2n) is 8.36. The molecule has 0 radical (unpaired) electrons. The molecule has 36 heavy (non-hydrogen) atoms. The number of urea groups is 1. The topological polar surface area (TPSA) is 114 Å². The summed E-state index contributed by atoms with van der Waals surface area (Å²) in [5, 5.41) is 2.56. The number of carbonyl (C=O) groups excluding carboxylic acids is 2. The van der Waals surface area contributed by atoms with Crippen LogP contribution in [-0.2, 0) is 21.2 Å². The quantitative estimate of drug-likeness (QED) is 0.481. The minimum Gasteiger partial charge on any atom is -0.454 e. The molecule has 0 aliphatic carbocycles. The number of hydrogen-bond acceptors (Lipinski definition) is 6. The summed E-state index contributed by atoms with van der Waals surface area (Å²) < 4.78 is 38.3. The number of rotatable bonds is 8. The van der Waals surface area contributed by atoms with Crippen LogP contribution in [0.2, 0.25) is 0 Å². The zero-order valence-electron chi connectivity index (χ0n) is 19.9. The fourth-order valence-electron chi connectivity index (χ4n) is 3.89. The van der Waals surface area contributed by atoms with Crippen molar-refractivity contribution in [1.82, 2.24) is 10.0 Å². The number of hydrogen-bond donors (Lipinski definition) is 2. The highest BCUT2D eigenvalue weighted by molar-refractivity contribution is 7.90. The number of amides is 3. The number of benzene rings is 3. The Hall–Kier alpha value is -4.05. The maximum Gasteiger partial charge on any atom is 0.329 e.